The van der Waals surface area contributed by atoms with Gasteiger partial charge in [-0.25, -0.2) is 8.78 Å². The molecule has 0 heterocycles. The number of ether oxygens (including phenoxy) is 1. The summed E-state index contributed by atoms with van der Waals surface area (Å²) in [6.07, 6.45) is -3.78. The lowest BCUT2D eigenvalue weighted by Gasteiger charge is -2.20. The number of benzene rings is 1. The molecule has 0 saturated heterocycles. The second-order valence-corrected chi connectivity index (χ2v) is 4.78. The molecule has 114 valence electrons. The maximum atomic E-state index is 12.7. The van der Waals surface area contributed by atoms with Gasteiger partial charge in [0, 0.05) is 0 Å². The van der Waals surface area contributed by atoms with Gasteiger partial charge in [0.2, 0.25) is 0 Å². The molecule has 0 radical (unpaired) electrons. The Labute approximate surface area is 122 Å². The molecule has 0 aromatic heterocycles. The van der Waals surface area contributed by atoms with E-state index < -0.39 is 25.0 Å². The van der Waals surface area contributed by atoms with Crippen molar-refractivity contribution in [1.29, 1.82) is 0 Å². The van der Waals surface area contributed by atoms with Crippen molar-refractivity contribution in [2.24, 2.45) is 5.84 Å². The van der Waals surface area contributed by atoms with E-state index in [1.807, 2.05) is 0 Å². The van der Waals surface area contributed by atoms with Crippen molar-refractivity contribution in [3.8, 4) is 0 Å². The Balaban J connectivity index is 2.62. The molecule has 0 aliphatic rings. The maximum absolute atomic E-state index is 12.7. The minimum Gasteiger partial charge on any atom is -0.373 e. The molecule has 0 saturated carbocycles. The Kier molecular flexibility index (Phi) is 6.47. The smallest absolute Gasteiger partial charge is 0.330 e. The summed E-state index contributed by atoms with van der Waals surface area (Å²) >= 11 is 11.5. The molecule has 1 rings (SSSR count). The largest absolute Gasteiger partial charge is 0.373 e. The summed E-state index contributed by atoms with van der Waals surface area (Å²) in [5.74, 6) is 1.06. The average molecular weight is 335 g/mol. The Morgan fingerprint density at radius 3 is 2.40 bits per heavy atom. The van der Waals surface area contributed by atoms with E-state index >= 15 is 0 Å². The van der Waals surface area contributed by atoms with Crippen LogP contribution in [-0.2, 0) is 4.74 Å². The summed E-state index contributed by atoms with van der Waals surface area (Å²) < 4.78 is 53.8. The van der Waals surface area contributed by atoms with Gasteiger partial charge in [0.05, 0.1) is 22.7 Å². The van der Waals surface area contributed by atoms with Gasteiger partial charge in [-0.1, -0.05) is 29.3 Å². The molecule has 1 unspecified atom stereocenters. The van der Waals surface area contributed by atoms with Crippen LogP contribution in [-0.4, -0.2) is 25.6 Å². The first kappa shape index (κ1) is 17.5. The van der Waals surface area contributed by atoms with Gasteiger partial charge in [0.1, 0.15) is 6.61 Å². The van der Waals surface area contributed by atoms with E-state index in [2.05, 4.69) is 10.2 Å². The van der Waals surface area contributed by atoms with Crippen molar-refractivity contribution < 1.29 is 22.3 Å². The third kappa shape index (κ3) is 4.75. The third-order valence-corrected chi connectivity index (χ3v) is 3.18. The predicted octanol–water partition coefficient (Wildman–Crippen LogP) is 3.41. The van der Waals surface area contributed by atoms with Gasteiger partial charge >= 0.3 is 12.3 Å². The van der Waals surface area contributed by atoms with E-state index in [4.69, 9.17) is 29.0 Å². The zero-order chi connectivity index (χ0) is 15.3. The minimum atomic E-state index is -4.20. The highest BCUT2D eigenvalue weighted by molar-refractivity contribution is 6.42. The second-order valence-electron chi connectivity index (χ2n) is 3.97. The zero-order valence-electron chi connectivity index (χ0n) is 10.1. The van der Waals surface area contributed by atoms with Crippen LogP contribution in [0.4, 0.5) is 17.6 Å². The molecule has 9 heteroatoms. The van der Waals surface area contributed by atoms with Crippen LogP contribution in [0.3, 0.4) is 0 Å². The monoisotopic (exact) mass is 334 g/mol. The lowest BCUT2D eigenvalue weighted by molar-refractivity contribution is -0.167. The molecule has 3 nitrogen and oxygen atoms in total. The highest BCUT2D eigenvalue weighted by Crippen LogP contribution is 2.27. The van der Waals surface area contributed by atoms with Crippen LogP contribution >= 0.6 is 23.2 Å². The highest BCUT2D eigenvalue weighted by atomic mass is 35.5. The van der Waals surface area contributed by atoms with Gasteiger partial charge in [-0.15, -0.1) is 0 Å². The molecule has 0 amide bonds. The van der Waals surface area contributed by atoms with Gasteiger partial charge in [0.15, 0.2) is 0 Å². The first-order chi connectivity index (χ1) is 9.27. The fourth-order valence-electron chi connectivity index (χ4n) is 1.35. The quantitative estimate of drug-likeness (QED) is 0.456. The first-order valence-corrected chi connectivity index (χ1v) is 6.18. The Bertz CT molecular complexity index is 448. The van der Waals surface area contributed by atoms with Crippen molar-refractivity contribution in [1.82, 2.24) is 5.43 Å². The van der Waals surface area contributed by atoms with Gasteiger partial charge in [-0.3, -0.25) is 11.3 Å². The average Bonchev–Trinajstić information content (AvgIpc) is 2.38. The summed E-state index contributed by atoms with van der Waals surface area (Å²) in [6, 6.07) is 3.85. The lowest BCUT2D eigenvalue weighted by atomic mass is 10.1. The van der Waals surface area contributed by atoms with Gasteiger partial charge in [-0.2, -0.15) is 8.78 Å². The van der Waals surface area contributed by atoms with E-state index in [9.17, 15) is 17.6 Å². The number of rotatable bonds is 7. The van der Waals surface area contributed by atoms with Crippen molar-refractivity contribution >= 4 is 23.2 Å². The van der Waals surface area contributed by atoms with Crippen LogP contribution in [0.1, 0.15) is 11.6 Å². The molecule has 0 aliphatic carbocycles. The molecule has 0 aliphatic heterocycles. The molecule has 3 N–H and O–H groups in total. The van der Waals surface area contributed by atoms with Gasteiger partial charge < -0.3 is 4.74 Å². The van der Waals surface area contributed by atoms with Gasteiger partial charge in [0.25, 0.3) is 0 Å². The number of hydrazine groups is 1. The molecular formula is C11H12Cl2F4N2O. The number of halogens is 6. The summed E-state index contributed by atoms with van der Waals surface area (Å²) in [6.45, 7) is -1.72. The van der Waals surface area contributed by atoms with E-state index in [0.717, 1.165) is 0 Å². The summed E-state index contributed by atoms with van der Waals surface area (Å²) in [5, 5.41) is 0.568. The normalized spacial score (nSPS) is 13.8. The molecule has 0 spiro atoms. The molecule has 1 atom stereocenters. The van der Waals surface area contributed by atoms with Crippen molar-refractivity contribution in [3.05, 3.63) is 33.8 Å². The second kappa shape index (κ2) is 7.42. The van der Waals surface area contributed by atoms with Gasteiger partial charge in [-0.05, 0) is 17.7 Å². The molecule has 0 bridgehead atoms. The van der Waals surface area contributed by atoms with Crippen molar-refractivity contribution in [2.45, 2.75) is 18.4 Å². The van der Waals surface area contributed by atoms with E-state index in [1.54, 1.807) is 6.07 Å². The van der Waals surface area contributed by atoms with Crippen LogP contribution in [0.2, 0.25) is 10.0 Å². The Hall–Kier alpha value is -0.600. The maximum Gasteiger partial charge on any atom is 0.330 e. The van der Waals surface area contributed by atoms with Crippen LogP contribution in [0, 0.1) is 0 Å². The highest BCUT2D eigenvalue weighted by Gasteiger charge is 2.41. The fourth-order valence-corrected chi connectivity index (χ4v) is 1.65. The van der Waals surface area contributed by atoms with Crippen LogP contribution in [0.15, 0.2) is 18.2 Å². The zero-order valence-corrected chi connectivity index (χ0v) is 11.6. The predicted molar refractivity (Wildman–Crippen MR) is 68.3 cm³/mol. The van der Waals surface area contributed by atoms with Crippen LogP contribution in [0.5, 0.6) is 0 Å². The van der Waals surface area contributed by atoms with E-state index in [1.165, 1.54) is 12.1 Å². The van der Waals surface area contributed by atoms with E-state index in [0.29, 0.717) is 10.6 Å². The number of hydrogen-bond donors (Lipinski definition) is 2. The topological polar surface area (TPSA) is 47.3 Å². The molecule has 0 fully saturated rings. The fraction of sp³-hybridized carbons (Fsp3) is 0.455. The molecular weight excluding hydrogens is 323 g/mol. The minimum absolute atomic E-state index is 0.252. The standard InChI is InChI=1S/C11H12Cl2F4N2O/c12-7-2-1-6(3-8(7)13)9(19-18)4-20-5-11(16,17)10(14)15/h1-3,9-10,19H,4-5,18H2. The third-order valence-electron chi connectivity index (χ3n) is 2.45. The molecule has 20 heavy (non-hydrogen) atoms. The number of hydrogen-bond acceptors (Lipinski definition) is 3. The Morgan fingerprint density at radius 2 is 1.90 bits per heavy atom. The summed E-state index contributed by atoms with van der Waals surface area (Å²) in [5.41, 5.74) is 2.85. The molecule has 1 aromatic carbocycles. The first-order valence-electron chi connectivity index (χ1n) is 5.42. The summed E-state index contributed by atoms with van der Waals surface area (Å²) in [4.78, 5) is 0. The van der Waals surface area contributed by atoms with Crippen molar-refractivity contribution in [3.63, 3.8) is 0 Å². The van der Waals surface area contributed by atoms with E-state index in [-0.39, 0.29) is 11.6 Å². The van der Waals surface area contributed by atoms with Crippen molar-refractivity contribution in [2.75, 3.05) is 13.2 Å². The van der Waals surface area contributed by atoms with Crippen LogP contribution in [0.25, 0.3) is 0 Å². The summed E-state index contributed by atoms with van der Waals surface area (Å²) in [7, 11) is 0. The number of alkyl halides is 4. The Morgan fingerprint density at radius 1 is 1.25 bits per heavy atom. The number of nitrogens with one attached hydrogen (secondary N) is 1. The lowest BCUT2D eigenvalue weighted by Crippen LogP contribution is -2.36. The van der Waals surface area contributed by atoms with Crippen LogP contribution < -0.4 is 11.3 Å². The number of nitrogens with two attached hydrogens (primary N) is 1. The SMILES string of the molecule is NNC(COCC(F)(F)C(F)F)c1ccc(Cl)c(Cl)c1. The molecule has 1 aromatic rings.